The summed E-state index contributed by atoms with van der Waals surface area (Å²) in [5.41, 5.74) is 5.90. The van der Waals surface area contributed by atoms with Crippen LogP contribution in [0.5, 0.6) is 0 Å². The van der Waals surface area contributed by atoms with E-state index in [1.165, 1.54) is 0 Å². The first-order chi connectivity index (χ1) is 27.1. The summed E-state index contributed by atoms with van der Waals surface area (Å²) in [7, 11) is 0. The van der Waals surface area contributed by atoms with Gasteiger partial charge >= 0.3 is 11.3 Å². The van der Waals surface area contributed by atoms with Crippen LogP contribution in [0.1, 0.15) is 0 Å². The molecule has 0 aliphatic heterocycles. The summed E-state index contributed by atoms with van der Waals surface area (Å²) < 4.78 is 16.0. The first-order valence-corrected chi connectivity index (χ1v) is 18.1. The maximum Gasteiger partial charge on any atom is 0.345 e. The number of fused-ring (bicyclic) bond motifs is 8. The normalized spacial score (nSPS) is 11.8. The first-order valence-electron chi connectivity index (χ1n) is 18.1. The van der Waals surface area contributed by atoms with Crippen LogP contribution < -0.4 is 16.2 Å². The molecule has 4 heterocycles. The Balaban J connectivity index is 1.12. The van der Waals surface area contributed by atoms with Gasteiger partial charge in [-0.3, -0.25) is 9.13 Å². The summed E-state index contributed by atoms with van der Waals surface area (Å²) in [6.07, 6.45) is 0. The molecule has 11 aromatic rings. The van der Waals surface area contributed by atoms with Crippen LogP contribution in [0.15, 0.2) is 194 Å². The summed E-state index contributed by atoms with van der Waals surface area (Å²) in [6, 6.07) is 58.4. The highest BCUT2D eigenvalue weighted by atomic mass is 16.4. The van der Waals surface area contributed by atoms with Crippen LogP contribution in [0, 0.1) is 0 Å². The molecule has 0 radical (unpaired) electrons. The quantitative estimate of drug-likeness (QED) is 0.178. The minimum absolute atomic E-state index is 0.370. The Morgan fingerprint density at radius 3 is 1.24 bits per heavy atom. The van der Waals surface area contributed by atoms with E-state index in [2.05, 4.69) is 77.7 Å². The van der Waals surface area contributed by atoms with Crippen LogP contribution in [-0.2, 0) is 0 Å². The Bertz CT molecular complexity index is 3230. The second kappa shape index (κ2) is 11.9. The van der Waals surface area contributed by atoms with Crippen molar-refractivity contribution in [3.8, 4) is 11.8 Å². The van der Waals surface area contributed by atoms with Gasteiger partial charge in [-0.15, -0.1) is 0 Å². The molecular weight excluding hydrogens is 683 g/mol. The molecule has 0 bridgehead atoms. The minimum Gasteiger partial charge on any atom is -0.405 e. The minimum atomic E-state index is -0.370. The highest BCUT2D eigenvalue weighted by Crippen LogP contribution is 2.42. The van der Waals surface area contributed by atoms with Gasteiger partial charge < -0.3 is 13.7 Å². The van der Waals surface area contributed by atoms with Gasteiger partial charge in [0.15, 0.2) is 0 Å². The Hall–Kier alpha value is -7.64. The summed E-state index contributed by atoms with van der Waals surface area (Å²) >= 11 is 0. The second-order valence-electron chi connectivity index (χ2n) is 13.7. The first kappa shape index (κ1) is 30.9. The average molecular weight is 712 g/mol. The molecule has 0 saturated heterocycles. The topological polar surface area (TPSA) is 73.5 Å². The number of para-hydroxylation sites is 3. The molecule has 260 valence electrons. The molecule has 0 fully saturated rings. The predicted octanol–water partition coefficient (Wildman–Crippen LogP) is 11.6. The highest BCUT2D eigenvalue weighted by molar-refractivity contribution is 6.12. The molecule has 55 heavy (non-hydrogen) atoms. The molecule has 0 aliphatic carbocycles. The number of rotatable bonds is 5. The van der Waals surface area contributed by atoms with Gasteiger partial charge in [-0.25, -0.2) is 9.59 Å². The fourth-order valence-corrected chi connectivity index (χ4v) is 8.16. The fourth-order valence-electron chi connectivity index (χ4n) is 8.16. The van der Waals surface area contributed by atoms with E-state index < -0.39 is 0 Å². The van der Waals surface area contributed by atoms with Crippen molar-refractivity contribution in [2.45, 2.75) is 0 Å². The third-order valence-corrected chi connectivity index (χ3v) is 10.6. The summed E-state index contributed by atoms with van der Waals surface area (Å²) in [5, 5.41) is 6.88. The lowest BCUT2D eigenvalue weighted by Gasteiger charge is -2.26. The van der Waals surface area contributed by atoms with Crippen molar-refractivity contribution >= 4 is 82.2 Å². The van der Waals surface area contributed by atoms with Gasteiger partial charge in [-0.05, 0) is 83.6 Å². The van der Waals surface area contributed by atoms with Crippen molar-refractivity contribution < 1.29 is 8.83 Å². The van der Waals surface area contributed by atoms with Crippen molar-refractivity contribution in [2.75, 3.05) is 4.90 Å². The SMILES string of the molecule is O=c1oc(-n2c3ccccc3c3cc(N(c4ccccc4)c4ccc5c(c4)c4ccccc4n5-c4cc5ccccc5c(=O)o4)ccc32)cc2ccccc12. The summed E-state index contributed by atoms with van der Waals surface area (Å²) in [4.78, 5) is 28.5. The number of hydrogen-bond donors (Lipinski definition) is 0. The van der Waals surface area contributed by atoms with E-state index >= 15 is 0 Å². The molecule has 0 aliphatic rings. The number of benzene rings is 7. The maximum absolute atomic E-state index is 13.1. The highest BCUT2D eigenvalue weighted by Gasteiger charge is 2.21. The number of hydrogen-bond acceptors (Lipinski definition) is 5. The molecular formula is C48H29N3O4. The lowest BCUT2D eigenvalue weighted by atomic mass is 10.1. The van der Waals surface area contributed by atoms with Gasteiger partial charge in [-0.2, -0.15) is 0 Å². The molecule has 7 aromatic carbocycles. The van der Waals surface area contributed by atoms with E-state index in [-0.39, 0.29) is 11.3 Å². The fraction of sp³-hybridized carbons (Fsp3) is 0. The average Bonchev–Trinajstić information content (AvgIpc) is 3.74. The van der Waals surface area contributed by atoms with E-state index in [1.54, 1.807) is 12.1 Å². The third kappa shape index (κ3) is 4.77. The Morgan fingerprint density at radius 2 is 0.745 bits per heavy atom. The largest absolute Gasteiger partial charge is 0.405 e. The molecule has 0 amide bonds. The van der Waals surface area contributed by atoms with Gasteiger partial charge in [-0.1, -0.05) is 91.0 Å². The maximum atomic E-state index is 13.1. The molecule has 0 N–H and O–H groups in total. The van der Waals surface area contributed by atoms with Crippen LogP contribution in [0.25, 0.3) is 76.9 Å². The number of anilines is 3. The molecule has 4 aromatic heterocycles. The van der Waals surface area contributed by atoms with E-state index in [1.807, 2.05) is 100 Å². The summed E-state index contributed by atoms with van der Waals surface area (Å²) in [5.74, 6) is 0.929. The van der Waals surface area contributed by atoms with E-state index in [0.717, 1.165) is 71.4 Å². The third-order valence-electron chi connectivity index (χ3n) is 10.6. The standard InChI is InChI=1S/C48H29N3O4/c52-47-35-16-6-4-12-30(35)26-45(54-47)50-41-20-10-8-18-37(41)39-28-33(22-24-43(39)50)49(32-14-2-1-3-15-32)34-23-25-44-40(29-34)38-19-9-11-21-42(38)51(44)46-27-31-13-5-7-17-36(31)48(53)55-46/h1-29H. The molecule has 7 heteroatoms. The summed E-state index contributed by atoms with van der Waals surface area (Å²) in [6.45, 7) is 0. The smallest absolute Gasteiger partial charge is 0.345 e. The van der Waals surface area contributed by atoms with E-state index in [9.17, 15) is 9.59 Å². The van der Waals surface area contributed by atoms with Crippen LogP contribution in [0.4, 0.5) is 17.1 Å². The van der Waals surface area contributed by atoms with Crippen molar-refractivity contribution in [3.63, 3.8) is 0 Å². The molecule has 0 atom stereocenters. The van der Waals surface area contributed by atoms with Crippen molar-refractivity contribution in [3.05, 3.63) is 197 Å². The van der Waals surface area contributed by atoms with Gasteiger partial charge in [0.1, 0.15) is 0 Å². The number of nitrogens with zero attached hydrogens (tertiary/aromatic N) is 3. The molecule has 0 spiro atoms. The molecule has 11 rings (SSSR count). The van der Waals surface area contributed by atoms with Gasteiger partial charge in [0.25, 0.3) is 0 Å². The molecule has 0 unspecified atom stereocenters. The van der Waals surface area contributed by atoms with Crippen LogP contribution in [-0.4, -0.2) is 9.13 Å². The van der Waals surface area contributed by atoms with Crippen LogP contribution in [0.3, 0.4) is 0 Å². The van der Waals surface area contributed by atoms with E-state index in [0.29, 0.717) is 22.5 Å². The lowest BCUT2D eigenvalue weighted by molar-refractivity contribution is 0.501. The van der Waals surface area contributed by atoms with Crippen molar-refractivity contribution in [1.29, 1.82) is 0 Å². The van der Waals surface area contributed by atoms with E-state index in [4.69, 9.17) is 8.83 Å². The second-order valence-corrected chi connectivity index (χ2v) is 13.7. The Labute approximate surface area is 312 Å². The van der Waals surface area contributed by atoms with Gasteiger partial charge in [0.2, 0.25) is 11.8 Å². The predicted molar refractivity (Wildman–Crippen MR) is 222 cm³/mol. The lowest BCUT2D eigenvalue weighted by Crippen LogP contribution is -2.10. The van der Waals surface area contributed by atoms with Crippen LogP contribution in [0.2, 0.25) is 0 Å². The molecule has 7 nitrogen and oxygen atoms in total. The Morgan fingerprint density at radius 1 is 0.345 bits per heavy atom. The van der Waals surface area contributed by atoms with Gasteiger partial charge in [0, 0.05) is 50.7 Å². The molecule has 0 saturated carbocycles. The zero-order chi connectivity index (χ0) is 36.6. The van der Waals surface area contributed by atoms with Crippen LogP contribution >= 0.6 is 0 Å². The Kier molecular flexibility index (Phi) is 6.72. The zero-order valence-electron chi connectivity index (χ0n) is 29.2. The van der Waals surface area contributed by atoms with Crippen molar-refractivity contribution in [1.82, 2.24) is 9.13 Å². The monoisotopic (exact) mass is 711 g/mol. The van der Waals surface area contributed by atoms with Gasteiger partial charge in [0.05, 0.1) is 32.8 Å². The van der Waals surface area contributed by atoms with Crippen molar-refractivity contribution in [2.24, 2.45) is 0 Å². The number of aromatic nitrogens is 2. The zero-order valence-corrected chi connectivity index (χ0v) is 29.2.